The fraction of sp³-hybridized carbons (Fsp3) is 1.00. The molecule has 0 rings (SSSR count). The van der Waals surface area contributed by atoms with E-state index >= 15 is 0 Å². The smallest absolute Gasteiger partial charge is 0.156 e. The first-order chi connectivity index (χ1) is 7.76. The van der Waals surface area contributed by atoms with Crippen LogP contribution in [0.1, 0.15) is 58.3 Å². The second-order valence-corrected chi connectivity index (χ2v) is 6.21. The third-order valence-corrected chi connectivity index (χ3v) is 4.31. The van der Waals surface area contributed by atoms with Gasteiger partial charge in [-0.1, -0.05) is 51.9 Å². The maximum absolute atomic E-state index is 5.28. The minimum atomic E-state index is 0.0340. The fourth-order valence-corrected chi connectivity index (χ4v) is 3.07. The van der Waals surface area contributed by atoms with E-state index in [9.17, 15) is 0 Å². The van der Waals surface area contributed by atoms with Crippen LogP contribution in [-0.4, -0.2) is 30.8 Å². The van der Waals surface area contributed by atoms with Crippen molar-refractivity contribution in [2.24, 2.45) is 0 Å². The zero-order valence-electron chi connectivity index (χ0n) is 11.6. The normalized spacial score (nSPS) is 13.5. The summed E-state index contributed by atoms with van der Waals surface area (Å²) < 4.78 is 10.6. The Bertz CT molecular complexity index is 138. The third kappa shape index (κ3) is 8.31. The second kappa shape index (κ2) is 11.6. The summed E-state index contributed by atoms with van der Waals surface area (Å²) >= 11 is 0. The van der Waals surface area contributed by atoms with Gasteiger partial charge in [0.2, 0.25) is 0 Å². The van der Waals surface area contributed by atoms with Gasteiger partial charge < -0.3 is 9.47 Å². The molecule has 0 N–H and O–H groups in total. The van der Waals surface area contributed by atoms with E-state index in [-0.39, 0.29) is 6.29 Å². The van der Waals surface area contributed by atoms with Crippen molar-refractivity contribution in [2.75, 3.05) is 14.2 Å². The van der Waals surface area contributed by atoms with Gasteiger partial charge in [-0.15, -0.1) is 0 Å². The van der Waals surface area contributed by atoms with Crippen molar-refractivity contribution in [3.63, 3.8) is 0 Å². The lowest BCUT2D eigenvalue weighted by atomic mass is 10.1. The fourth-order valence-electron chi connectivity index (χ4n) is 2.12. The van der Waals surface area contributed by atoms with Crippen molar-refractivity contribution < 1.29 is 9.47 Å². The summed E-state index contributed by atoms with van der Waals surface area (Å²) in [5.41, 5.74) is 0.644. The number of unbranched alkanes of at least 4 members (excludes halogenated alkanes) is 6. The molecule has 0 aliphatic rings. The summed E-state index contributed by atoms with van der Waals surface area (Å²) in [5, 5.41) is 0. The van der Waals surface area contributed by atoms with Crippen LogP contribution < -0.4 is 0 Å². The lowest BCUT2D eigenvalue weighted by Gasteiger charge is -2.20. The molecule has 1 atom stereocenters. The first-order valence-corrected chi connectivity index (χ1v) is 7.97. The Kier molecular flexibility index (Phi) is 11.7. The van der Waals surface area contributed by atoms with Crippen LogP contribution in [0.5, 0.6) is 0 Å². The van der Waals surface area contributed by atoms with Gasteiger partial charge in [0.25, 0.3) is 0 Å². The van der Waals surface area contributed by atoms with Gasteiger partial charge in [-0.2, -0.15) is 0 Å². The maximum Gasteiger partial charge on any atom is 0.156 e. The molecule has 0 aromatic rings. The molecule has 0 heterocycles. The maximum atomic E-state index is 5.28. The highest BCUT2D eigenvalue weighted by atomic mass is 28.1. The van der Waals surface area contributed by atoms with Crippen LogP contribution in [0.25, 0.3) is 0 Å². The SMILES string of the molecule is CCCCCCCCCC([SiH3])C(OC)OC. The van der Waals surface area contributed by atoms with Crippen LogP contribution in [0.4, 0.5) is 0 Å². The molecule has 0 spiro atoms. The Hall–Kier alpha value is 0.137. The molecule has 1 unspecified atom stereocenters. The number of ether oxygens (including phenoxy) is 2. The quantitative estimate of drug-likeness (QED) is 0.317. The summed E-state index contributed by atoms with van der Waals surface area (Å²) in [4.78, 5) is 0. The molecular weight excluding hydrogens is 216 g/mol. The minimum Gasteiger partial charge on any atom is -0.356 e. The summed E-state index contributed by atoms with van der Waals surface area (Å²) in [6, 6.07) is 0. The van der Waals surface area contributed by atoms with Crippen LogP contribution in [0, 0.1) is 0 Å². The van der Waals surface area contributed by atoms with E-state index in [1.165, 1.54) is 51.4 Å². The van der Waals surface area contributed by atoms with E-state index in [0.717, 1.165) is 10.2 Å². The van der Waals surface area contributed by atoms with Crippen molar-refractivity contribution in [2.45, 2.75) is 70.1 Å². The largest absolute Gasteiger partial charge is 0.356 e. The van der Waals surface area contributed by atoms with Gasteiger partial charge in [-0.05, 0) is 12.0 Å². The Morgan fingerprint density at radius 1 is 0.875 bits per heavy atom. The molecule has 0 fully saturated rings. The molecule has 0 radical (unpaired) electrons. The van der Waals surface area contributed by atoms with Gasteiger partial charge in [0.1, 0.15) is 0 Å². The number of methoxy groups -OCH3 is 2. The molecule has 2 nitrogen and oxygen atoms in total. The molecule has 0 bridgehead atoms. The van der Waals surface area contributed by atoms with Crippen molar-refractivity contribution in [1.82, 2.24) is 0 Å². The molecule has 0 saturated heterocycles. The van der Waals surface area contributed by atoms with Gasteiger partial charge in [-0.3, -0.25) is 0 Å². The molecular formula is C13H30O2Si. The summed E-state index contributed by atoms with van der Waals surface area (Å²) in [7, 11) is 4.64. The van der Waals surface area contributed by atoms with Crippen LogP contribution in [0.15, 0.2) is 0 Å². The Morgan fingerprint density at radius 2 is 1.38 bits per heavy atom. The molecule has 0 amide bonds. The van der Waals surface area contributed by atoms with E-state index in [4.69, 9.17) is 9.47 Å². The van der Waals surface area contributed by atoms with Crippen molar-refractivity contribution in [3.05, 3.63) is 0 Å². The van der Waals surface area contributed by atoms with Crippen LogP contribution in [0.2, 0.25) is 5.54 Å². The molecule has 16 heavy (non-hydrogen) atoms. The van der Waals surface area contributed by atoms with E-state index in [2.05, 4.69) is 6.92 Å². The monoisotopic (exact) mass is 246 g/mol. The Labute approximate surface area is 105 Å². The van der Waals surface area contributed by atoms with E-state index in [0.29, 0.717) is 5.54 Å². The second-order valence-electron chi connectivity index (χ2n) is 4.73. The molecule has 0 aliphatic carbocycles. The molecule has 98 valence electrons. The zero-order valence-corrected chi connectivity index (χ0v) is 13.6. The predicted octanol–water partition coefficient (Wildman–Crippen LogP) is 2.90. The summed E-state index contributed by atoms with van der Waals surface area (Å²) in [5.74, 6) is 0. The molecule has 0 saturated carbocycles. The third-order valence-electron chi connectivity index (χ3n) is 3.19. The van der Waals surface area contributed by atoms with Gasteiger partial charge >= 0.3 is 0 Å². The van der Waals surface area contributed by atoms with Crippen molar-refractivity contribution in [3.8, 4) is 0 Å². The summed E-state index contributed by atoms with van der Waals surface area (Å²) in [6.45, 7) is 2.27. The Morgan fingerprint density at radius 3 is 1.88 bits per heavy atom. The van der Waals surface area contributed by atoms with Crippen molar-refractivity contribution >= 4 is 10.2 Å². The lowest BCUT2D eigenvalue weighted by Crippen LogP contribution is -2.20. The van der Waals surface area contributed by atoms with E-state index in [1.54, 1.807) is 14.2 Å². The highest BCUT2D eigenvalue weighted by Gasteiger charge is 2.14. The average Bonchev–Trinajstić information content (AvgIpc) is 2.29. The first-order valence-electron chi connectivity index (χ1n) is 6.81. The highest BCUT2D eigenvalue weighted by molar-refractivity contribution is 6.11. The topological polar surface area (TPSA) is 18.5 Å². The minimum absolute atomic E-state index is 0.0340. The number of rotatable bonds is 11. The van der Waals surface area contributed by atoms with E-state index in [1.807, 2.05) is 0 Å². The molecule has 0 aromatic heterocycles. The standard InChI is InChI=1S/C13H30O2Si/c1-4-5-6-7-8-9-10-11-12(16)13(14-2)15-3/h12-13H,4-11H2,1-3,16H3. The van der Waals surface area contributed by atoms with Crippen LogP contribution >= 0.6 is 0 Å². The molecule has 3 heteroatoms. The van der Waals surface area contributed by atoms with Gasteiger partial charge in [-0.25, -0.2) is 0 Å². The average molecular weight is 246 g/mol. The lowest BCUT2D eigenvalue weighted by molar-refractivity contribution is -0.106. The highest BCUT2D eigenvalue weighted by Crippen LogP contribution is 2.19. The van der Waals surface area contributed by atoms with E-state index < -0.39 is 0 Å². The van der Waals surface area contributed by atoms with Crippen molar-refractivity contribution in [1.29, 1.82) is 0 Å². The van der Waals surface area contributed by atoms with Gasteiger partial charge in [0, 0.05) is 24.5 Å². The first kappa shape index (κ1) is 16.1. The molecule has 0 aromatic carbocycles. The predicted molar refractivity (Wildman–Crippen MR) is 74.1 cm³/mol. The van der Waals surface area contributed by atoms with Gasteiger partial charge in [0.05, 0.1) is 0 Å². The van der Waals surface area contributed by atoms with Crippen LogP contribution in [0.3, 0.4) is 0 Å². The van der Waals surface area contributed by atoms with Gasteiger partial charge in [0.15, 0.2) is 6.29 Å². The number of hydrogen-bond donors (Lipinski definition) is 0. The number of hydrogen-bond acceptors (Lipinski definition) is 2. The summed E-state index contributed by atoms with van der Waals surface area (Å²) in [6.07, 6.45) is 11.0. The van der Waals surface area contributed by atoms with Crippen LogP contribution in [-0.2, 0) is 9.47 Å². The molecule has 0 aliphatic heterocycles. The Balaban J connectivity index is 3.30. The zero-order chi connectivity index (χ0) is 12.2.